The van der Waals surface area contributed by atoms with Crippen molar-refractivity contribution in [2.75, 3.05) is 7.11 Å². The van der Waals surface area contributed by atoms with E-state index in [0.717, 1.165) is 14.5 Å². The minimum absolute atomic E-state index is 0.0231. The Kier molecular flexibility index (Phi) is 4.42. The van der Waals surface area contributed by atoms with Crippen LogP contribution in [0.2, 0.25) is 0 Å². The Morgan fingerprint density at radius 2 is 1.84 bits per heavy atom. The minimum atomic E-state index is -0.0231. The van der Waals surface area contributed by atoms with Gasteiger partial charge in [-0.15, -0.1) is 0 Å². The van der Waals surface area contributed by atoms with E-state index in [2.05, 4.69) is 31.9 Å². The van der Waals surface area contributed by atoms with Crippen molar-refractivity contribution >= 4 is 37.6 Å². The summed E-state index contributed by atoms with van der Waals surface area (Å²) in [7, 11) is 1.60. The fraction of sp³-hybridized carbons (Fsp3) is 0.133. The number of hydrogen-bond acceptors (Lipinski definition) is 2. The summed E-state index contributed by atoms with van der Waals surface area (Å²) in [6.07, 6.45) is 0. The topological polar surface area (TPSA) is 26.3 Å². The highest BCUT2D eigenvalue weighted by Gasteiger charge is 2.16. The van der Waals surface area contributed by atoms with E-state index >= 15 is 0 Å². The maximum atomic E-state index is 12.5. The van der Waals surface area contributed by atoms with Gasteiger partial charge in [0.05, 0.1) is 7.11 Å². The maximum Gasteiger partial charge on any atom is 0.195 e. The molecular weight excluding hydrogens is 372 g/mol. The van der Waals surface area contributed by atoms with Crippen molar-refractivity contribution in [3.05, 3.63) is 62.0 Å². The fourth-order valence-electron chi connectivity index (χ4n) is 1.77. The summed E-state index contributed by atoms with van der Waals surface area (Å²) < 4.78 is 6.69. The van der Waals surface area contributed by atoms with Crippen LogP contribution in [0.25, 0.3) is 0 Å². The molecule has 0 heterocycles. The van der Waals surface area contributed by atoms with E-state index in [9.17, 15) is 4.79 Å². The molecule has 2 aromatic rings. The molecule has 0 saturated carbocycles. The molecule has 0 aliphatic carbocycles. The smallest absolute Gasteiger partial charge is 0.195 e. The molecule has 0 N–H and O–H groups in total. The fourth-order valence-corrected chi connectivity index (χ4v) is 2.76. The molecule has 98 valence electrons. The molecule has 0 fully saturated rings. The van der Waals surface area contributed by atoms with Crippen molar-refractivity contribution in [3.8, 4) is 5.75 Å². The molecule has 0 unspecified atom stereocenters. The predicted octanol–water partition coefficient (Wildman–Crippen LogP) is 4.76. The van der Waals surface area contributed by atoms with Gasteiger partial charge in [0.15, 0.2) is 5.78 Å². The molecule has 0 amide bonds. The molecule has 19 heavy (non-hydrogen) atoms. The summed E-state index contributed by atoms with van der Waals surface area (Å²) in [6.45, 7) is 1.96. The number of methoxy groups -OCH3 is 1. The zero-order valence-electron chi connectivity index (χ0n) is 10.5. The van der Waals surface area contributed by atoms with Gasteiger partial charge in [0, 0.05) is 20.1 Å². The Hall–Kier alpha value is -1.13. The van der Waals surface area contributed by atoms with Gasteiger partial charge in [-0.2, -0.15) is 0 Å². The third kappa shape index (κ3) is 2.90. The Morgan fingerprint density at radius 1 is 1.11 bits per heavy atom. The van der Waals surface area contributed by atoms with Gasteiger partial charge in [-0.3, -0.25) is 4.79 Å². The van der Waals surface area contributed by atoms with E-state index in [-0.39, 0.29) is 5.78 Å². The van der Waals surface area contributed by atoms with Crippen LogP contribution in [-0.4, -0.2) is 12.9 Å². The van der Waals surface area contributed by atoms with Crippen molar-refractivity contribution < 1.29 is 9.53 Å². The van der Waals surface area contributed by atoms with Crippen LogP contribution in [0.3, 0.4) is 0 Å². The Labute approximate surface area is 129 Å². The van der Waals surface area contributed by atoms with E-state index in [0.29, 0.717) is 16.9 Å². The second kappa shape index (κ2) is 5.88. The molecule has 0 atom stereocenters. The summed E-state index contributed by atoms with van der Waals surface area (Å²) >= 11 is 6.88. The van der Waals surface area contributed by atoms with E-state index in [1.807, 2.05) is 25.1 Å². The highest BCUT2D eigenvalue weighted by molar-refractivity contribution is 9.11. The first-order valence-electron chi connectivity index (χ1n) is 5.68. The van der Waals surface area contributed by atoms with E-state index in [1.54, 1.807) is 25.3 Å². The second-order valence-electron chi connectivity index (χ2n) is 4.11. The number of halogens is 2. The molecule has 0 aliphatic heterocycles. The largest absolute Gasteiger partial charge is 0.497 e. The lowest BCUT2D eigenvalue weighted by atomic mass is 10.0. The molecule has 2 aromatic carbocycles. The van der Waals surface area contributed by atoms with Crippen LogP contribution < -0.4 is 4.74 Å². The summed E-state index contributed by atoms with van der Waals surface area (Å²) in [4.78, 5) is 12.5. The van der Waals surface area contributed by atoms with Crippen LogP contribution in [0.1, 0.15) is 21.5 Å². The van der Waals surface area contributed by atoms with Crippen molar-refractivity contribution in [3.63, 3.8) is 0 Å². The highest BCUT2D eigenvalue weighted by Crippen LogP contribution is 2.28. The molecule has 0 bridgehead atoms. The normalized spacial score (nSPS) is 10.3. The zero-order chi connectivity index (χ0) is 14.0. The van der Waals surface area contributed by atoms with Gasteiger partial charge in [-0.25, -0.2) is 0 Å². The predicted molar refractivity (Wildman–Crippen MR) is 83.0 cm³/mol. The summed E-state index contributed by atoms with van der Waals surface area (Å²) in [5.74, 6) is 0.692. The third-order valence-corrected chi connectivity index (χ3v) is 4.57. The molecular formula is C15H12Br2O2. The summed E-state index contributed by atoms with van der Waals surface area (Å²) in [5, 5.41) is 0. The Balaban J connectivity index is 2.47. The number of aryl methyl sites for hydroxylation is 1. The van der Waals surface area contributed by atoms with Crippen LogP contribution in [0, 0.1) is 6.92 Å². The quantitative estimate of drug-likeness (QED) is 0.714. The number of rotatable bonds is 3. The van der Waals surface area contributed by atoms with Gasteiger partial charge in [0.2, 0.25) is 0 Å². The van der Waals surface area contributed by atoms with Gasteiger partial charge in [0.1, 0.15) is 5.75 Å². The van der Waals surface area contributed by atoms with Crippen LogP contribution >= 0.6 is 31.9 Å². The number of carbonyl (C=O) groups excluding carboxylic acids is 1. The number of ether oxygens (including phenoxy) is 1. The second-order valence-corrected chi connectivity index (χ2v) is 5.76. The van der Waals surface area contributed by atoms with Crippen LogP contribution in [-0.2, 0) is 0 Å². The third-order valence-electron chi connectivity index (χ3n) is 2.86. The lowest BCUT2D eigenvalue weighted by molar-refractivity contribution is 0.103. The van der Waals surface area contributed by atoms with Gasteiger partial charge in [0.25, 0.3) is 0 Å². The van der Waals surface area contributed by atoms with Crippen LogP contribution in [0.5, 0.6) is 5.75 Å². The van der Waals surface area contributed by atoms with E-state index in [1.165, 1.54) is 0 Å². The number of ketones is 1. The average Bonchev–Trinajstić information content (AvgIpc) is 2.41. The standard InChI is InChI=1S/C15H12Br2O2/c1-9-4-3-5-12(14(9)17)15(18)11-7-6-10(19-2)8-13(11)16/h3-8H,1-2H3. The Bertz CT molecular complexity index is 636. The number of carbonyl (C=O) groups is 1. The highest BCUT2D eigenvalue weighted by atomic mass is 79.9. The monoisotopic (exact) mass is 382 g/mol. The Morgan fingerprint density at radius 3 is 2.47 bits per heavy atom. The molecule has 0 radical (unpaired) electrons. The molecule has 4 heteroatoms. The van der Waals surface area contributed by atoms with Crippen LogP contribution in [0.4, 0.5) is 0 Å². The molecule has 2 nitrogen and oxygen atoms in total. The van der Waals surface area contributed by atoms with Crippen LogP contribution in [0.15, 0.2) is 45.3 Å². The van der Waals surface area contributed by atoms with Gasteiger partial charge < -0.3 is 4.74 Å². The van der Waals surface area contributed by atoms with E-state index < -0.39 is 0 Å². The molecule has 0 aliphatic rings. The molecule has 0 spiro atoms. The molecule has 0 aromatic heterocycles. The van der Waals surface area contributed by atoms with Gasteiger partial charge in [-0.05, 0) is 68.6 Å². The first-order chi connectivity index (χ1) is 9.04. The molecule has 0 saturated heterocycles. The van der Waals surface area contributed by atoms with Gasteiger partial charge in [-0.1, -0.05) is 12.1 Å². The lowest BCUT2D eigenvalue weighted by Gasteiger charge is -2.09. The van der Waals surface area contributed by atoms with Crippen molar-refractivity contribution in [2.45, 2.75) is 6.92 Å². The van der Waals surface area contributed by atoms with Gasteiger partial charge >= 0.3 is 0 Å². The van der Waals surface area contributed by atoms with Crippen molar-refractivity contribution in [1.29, 1.82) is 0 Å². The first-order valence-corrected chi connectivity index (χ1v) is 7.26. The summed E-state index contributed by atoms with van der Waals surface area (Å²) in [5.41, 5.74) is 2.31. The van der Waals surface area contributed by atoms with Crippen molar-refractivity contribution in [1.82, 2.24) is 0 Å². The number of benzene rings is 2. The lowest BCUT2D eigenvalue weighted by Crippen LogP contribution is -2.04. The van der Waals surface area contributed by atoms with Crippen molar-refractivity contribution in [2.24, 2.45) is 0 Å². The summed E-state index contributed by atoms with van der Waals surface area (Å²) in [6, 6.07) is 11.0. The SMILES string of the molecule is COc1ccc(C(=O)c2cccc(C)c2Br)c(Br)c1. The maximum absolute atomic E-state index is 12.5. The average molecular weight is 384 g/mol. The number of hydrogen-bond donors (Lipinski definition) is 0. The minimum Gasteiger partial charge on any atom is -0.497 e. The molecule has 2 rings (SSSR count). The van der Waals surface area contributed by atoms with E-state index in [4.69, 9.17) is 4.74 Å². The zero-order valence-corrected chi connectivity index (χ0v) is 13.7. The first kappa shape index (κ1) is 14.3.